The van der Waals surface area contributed by atoms with E-state index in [4.69, 9.17) is 0 Å². The van der Waals surface area contributed by atoms with Crippen LogP contribution < -0.4 is 10.2 Å². The van der Waals surface area contributed by atoms with Crippen LogP contribution in [-0.2, 0) is 11.0 Å². The molecule has 2 atom stereocenters. The number of hydrogen-bond donors (Lipinski definition) is 1. The first kappa shape index (κ1) is 21.8. The number of hydrogen-bond acceptors (Lipinski definition) is 5. The first-order valence-corrected chi connectivity index (χ1v) is 10.8. The zero-order valence-corrected chi connectivity index (χ0v) is 17.8. The highest BCUT2D eigenvalue weighted by molar-refractivity contribution is 5.91. The zero-order chi connectivity index (χ0) is 22.2. The third kappa shape index (κ3) is 4.76. The van der Waals surface area contributed by atoms with Gasteiger partial charge in [0.25, 0.3) is 0 Å². The van der Waals surface area contributed by atoms with E-state index >= 15 is 0 Å². The van der Waals surface area contributed by atoms with Gasteiger partial charge in [-0.15, -0.1) is 0 Å². The van der Waals surface area contributed by atoms with Crippen molar-refractivity contribution in [3.05, 3.63) is 30.1 Å². The van der Waals surface area contributed by atoms with E-state index in [1.165, 1.54) is 18.5 Å². The molecular weight excluding hydrogens is 407 g/mol. The molecule has 2 aliphatic heterocycles. The van der Waals surface area contributed by atoms with Crippen molar-refractivity contribution in [1.82, 2.24) is 20.2 Å². The van der Waals surface area contributed by atoms with Crippen LogP contribution in [0.25, 0.3) is 11.0 Å². The second-order valence-corrected chi connectivity index (χ2v) is 8.89. The largest absolute Gasteiger partial charge is 0.418 e. The van der Waals surface area contributed by atoms with Gasteiger partial charge in [0.05, 0.1) is 17.3 Å². The fraction of sp³-hybridized carbons (Fsp3) is 0.591. The number of aromatic nitrogens is 2. The van der Waals surface area contributed by atoms with Gasteiger partial charge in [0, 0.05) is 31.9 Å². The molecule has 4 rings (SSSR count). The summed E-state index contributed by atoms with van der Waals surface area (Å²) < 4.78 is 40.1. The van der Waals surface area contributed by atoms with Gasteiger partial charge in [-0.05, 0) is 56.9 Å². The van der Waals surface area contributed by atoms with E-state index in [2.05, 4.69) is 34.2 Å². The van der Waals surface area contributed by atoms with Gasteiger partial charge >= 0.3 is 6.18 Å². The van der Waals surface area contributed by atoms with Crippen LogP contribution in [0.5, 0.6) is 0 Å². The Balaban J connectivity index is 1.46. The van der Waals surface area contributed by atoms with Gasteiger partial charge in [-0.3, -0.25) is 14.8 Å². The number of likely N-dealkylation sites (tertiary alicyclic amines) is 1. The smallest absolute Gasteiger partial charge is 0.367 e. The molecule has 0 radical (unpaired) electrons. The maximum absolute atomic E-state index is 13.4. The fourth-order valence-electron chi connectivity index (χ4n) is 4.67. The van der Waals surface area contributed by atoms with Gasteiger partial charge in [0.2, 0.25) is 5.91 Å². The lowest BCUT2D eigenvalue weighted by Crippen LogP contribution is -2.41. The van der Waals surface area contributed by atoms with Crippen molar-refractivity contribution in [2.75, 3.05) is 38.1 Å². The number of benzene rings is 1. The first-order chi connectivity index (χ1) is 14.7. The molecule has 0 unspecified atom stereocenters. The number of carbonyl (C=O) groups excluding carboxylic acids is 1. The number of nitrogens with one attached hydrogen (secondary N) is 1. The minimum Gasteiger partial charge on any atom is -0.367 e. The van der Waals surface area contributed by atoms with Crippen LogP contribution in [0.3, 0.4) is 0 Å². The van der Waals surface area contributed by atoms with Crippen LogP contribution in [0.4, 0.5) is 18.9 Å². The van der Waals surface area contributed by atoms with Gasteiger partial charge in [-0.1, -0.05) is 6.92 Å². The lowest BCUT2D eigenvalue weighted by Gasteiger charge is -2.29. The number of amides is 1. The Morgan fingerprint density at radius 3 is 2.48 bits per heavy atom. The maximum atomic E-state index is 13.4. The van der Waals surface area contributed by atoms with Crippen molar-refractivity contribution in [2.45, 2.75) is 38.4 Å². The number of nitrogens with zero attached hydrogens (tertiary/aromatic N) is 4. The number of rotatable bonds is 4. The number of piperidine rings is 1. The van der Waals surface area contributed by atoms with Gasteiger partial charge in [-0.25, -0.2) is 0 Å². The Kier molecular flexibility index (Phi) is 6.05. The van der Waals surface area contributed by atoms with Crippen LogP contribution in [-0.4, -0.2) is 60.0 Å². The minimum atomic E-state index is -4.49. The van der Waals surface area contributed by atoms with Crippen molar-refractivity contribution < 1.29 is 18.0 Å². The van der Waals surface area contributed by atoms with Gasteiger partial charge in [0.15, 0.2) is 0 Å². The molecule has 0 aliphatic carbocycles. The summed E-state index contributed by atoms with van der Waals surface area (Å²) in [5.74, 6) is 0.652. The molecule has 6 nitrogen and oxygen atoms in total. The number of alkyl halides is 3. The lowest BCUT2D eigenvalue weighted by molar-refractivity contribution is -0.136. The van der Waals surface area contributed by atoms with Gasteiger partial charge < -0.3 is 15.1 Å². The molecule has 31 heavy (non-hydrogen) atoms. The molecule has 9 heteroatoms. The van der Waals surface area contributed by atoms with E-state index in [1.54, 1.807) is 0 Å². The summed E-state index contributed by atoms with van der Waals surface area (Å²) in [7, 11) is 2.10. The normalized spacial score (nSPS) is 23.5. The van der Waals surface area contributed by atoms with E-state index in [9.17, 15) is 18.0 Å². The second kappa shape index (κ2) is 8.61. The molecule has 0 spiro atoms. The summed E-state index contributed by atoms with van der Waals surface area (Å²) in [5.41, 5.74) is -0.0673. The van der Waals surface area contributed by atoms with E-state index in [-0.39, 0.29) is 28.9 Å². The Bertz CT molecular complexity index is 942. The topological polar surface area (TPSA) is 61.4 Å². The van der Waals surface area contributed by atoms with Crippen molar-refractivity contribution >= 4 is 22.6 Å². The van der Waals surface area contributed by atoms with Crippen LogP contribution >= 0.6 is 0 Å². The molecular formula is C22H28F3N5O. The molecule has 3 heterocycles. The van der Waals surface area contributed by atoms with E-state index in [0.29, 0.717) is 31.1 Å². The predicted molar refractivity (Wildman–Crippen MR) is 113 cm³/mol. The number of halogens is 3. The highest BCUT2D eigenvalue weighted by Crippen LogP contribution is 2.38. The standard InChI is InChI=1S/C22H28F3N5O/c1-14-12-30(13-17(14)28-19(31)11-15-5-9-29(2)10-6-15)18-4-3-16(22(23,24)25)20-21(18)27-8-7-26-20/h3-4,7-8,14-15,17H,5-6,9-13H2,1-2H3,(H,28,31)/t14-,17+/m1/s1. The van der Waals surface area contributed by atoms with Gasteiger partial charge in [-0.2, -0.15) is 13.2 Å². The monoisotopic (exact) mass is 435 g/mol. The summed E-state index contributed by atoms with van der Waals surface area (Å²) in [5, 5.41) is 3.16. The molecule has 2 aromatic rings. The van der Waals surface area contributed by atoms with Crippen molar-refractivity contribution in [1.29, 1.82) is 0 Å². The third-order valence-electron chi connectivity index (χ3n) is 6.52. The average Bonchev–Trinajstić information content (AvgIpc) is 3.08. The van der Waals surface area contributed by atoms with Crippen LogP contribution in [0.15, 0.2) is 24.5 Å². The van der Waals surface area contributed by atoms with Crippen LogP contribution in [0.2, 0.25) is 0 Å². The average molecular weight is 435 g/mol. The molecule has 168 valence electrons. The minimum absolute atomic E-state index is 0.0484. The predicted octanol–water partition coefficient (Wildman–Crippen LogP) is 3.32. The SMILES string of the molecule is C[C@@H]1CN(c2ccc(C(F)(F)F)c3nccnc23)C[C@@H]1NC(=O)CC1CCN(C)CC1. The van der Waals surface area contributed by atoms with E-state index in [1.807, 2.05) is 4.90 Å². The highest BCUT2D eigenvalue weighted by atomic mass is 19.4. The number of anilines is 1. The summed E-state index contributed by atoms with van der Waals surface area (Å²) in [6.07, 6.45) is 0.798. The summed E-state index contributed by atoms with van der Waals surface area (Å²) in [6, 6.07) is 2.49. The number of fused-ring (bicyclic) bond motifs is 1. The Morgan fingerprint density at radius 1 is 1.13 bits per heavy atom. The molecule has 2 fully saturated rings. The second-order valence-electron chi connectivity index (χ2n) is 8.89. The lowest BCUT2D eigenvalue weighted by atomic mass is 9.93. The molecule has 1 amide bonds. The van der Waals surface area contributed by atoms with E-state index in [0.717, 1.165) is 32.0 Å². The van der Waals surface area contributed by atoms with Crippen LogP contribution in [0, 0.1) is 11.8 Å². The molecule has 2 aliphatic rings. The first-order valence-electron chi connectivity index (χ1n) is 10.8. The summed E-state index contributed by atoms with van der Waals surface area (Å²) >= 11 is 0. The number of carbonyl (C=O) groups is 1. The molecule has 1 aromatic heterocycles. The quantitative estimate of drug-likeness (QED) is 0.799. The van der Waals surface area contributed by atoms with Crippen LogP contribution in [0.1, 0.15) is 31.7 Å². The zero-order valence-electron chi connectivity index (χ0n) is 17.8. The molecule has 1 aromatic carbocycles. The van der Waals surface area contributed by atoms with Crippen molar-refractivity contribution in [3.8, 4) is 0 Å². The Labute approximate surface area is 179 Å². The van der Waals surface area contributed by atoms with Gasteiger partial charge in [0.1, 0.15) is 11.0 Å². The molecule has 2 saturated heterocycles. The maximum Gasteiger partial charge on any atom is 0.418 e. The molecule has 0 bridgehead atoms. The fourth-order valence-corrected chi connectivity index (χ4v) is 4.67. The Morgan fingerprint density at radius 2 is 1.81 bits per heavy atom. The Hall–Kier alpha value is -2.42. The third-order valence-corrected chi connectivity index (χ3v) is 6.52. The molecule has 0 saturated carbocycles. The van der Waals surface area contributed by atoms with Crippen molar-refractivity contribution in [3.63, 3.8) is 0 Å². The highest BCUT2D eigenvalue weighted by Gasteiger charge is 2.36. The summed E-state index contributed by atoms with van der Waals surface area (Å²) in [4.78, 5) is 25.1. The van der Waals surface area contributed by atoms with Crippen molar-refractivity contribution in [2.24, 2.45) is 11.8 Å². The van der Waals surface area contributed by atoms with E-state index < -0.39 is 11.7 Å². The molecule has 1 N–H and O–H groups in total. The summed E-state index contributed by atoms with van der Waals surface area (Å²) in [6.45, 7) is 5.27.